The van der Waals surface area contributed by atoms with Gasteiger partial charge in [0.05, 0.1) is 6.04 Å². The van der Waals surface area contributed by atoms with Crippen molar-refractivity contribution in [1.29, 1.82) is 0 Å². The van der Waals surface area contributed by atoms with Gasteiger partial charge in [-0.15, -0.1) is 11.3 Å². The van der Waals surface area contributed by atoms with Gasteiger partial charge in [0, 0.05) is 17.8 Å². The quantitative estimate of drug-likeness (QED) is 0.796. The van der Waals surface area contributed by atoms with Crippen molar-refractivity contribution < 1.29 is 4.79 Å². The van der Waals surface area contributed by atoms with Gasteiger partial charge in [-0.3, -0.25) is 9.20 Å². The Morgan fingerprint density at radius 2 is 2.16 bits per heavy atom. The van der Waals surface area contributed by atoms with E-state index in [2.05, 4.69) is 10.3 Å². The van der Waals surface area contributed by atoms with Crippen molar-refractivity contribution in [3.05, 3.63) is 59.4 Å². The second kappa shape index (κ2) is 4.85. The molecular weight excluding hydrogens is 258 g/mol. The Morgan fingerprint density at radius 1 is 1.37 bits per heavy atom. The van der Waals surface area contributed by atoms with Crippen LogP contribution < -0.4 is 5.32 Å². The molecule has 1 N–H and O–H groups in total. The number of hydrogen-bond donors (Lipinski definition) is 1. The Balaban J connectivity index is 1.80. The van der Waals surface area contributed by atoms with Crippen molar-refractivity contribution in [2.75, 3.05) is 0 Å². The number of carbonyl (C=O) groups excluding carboxylic acids is 1. The average Bonchev–Trinajstić information content (AvgIpc) is 3.01. The molecule has 0 aliphatic rings. The second-order valence-corrected chi connectivity index (χ2v) is 5.14. The van der Waals surface area contributed by atoms with Gasteiger partial charge in [-0.2, -0.15) is 0 Å². The molecule has 0 aliphatic heterocycles. The van der Waals surface area contributed by atoms with Crippen LogP contribution in [0.25, 0.3) is 4.96 Å². The first-order valence-electron chi connectivity index (χ1n) is 6.02. The van der Waals surface area contributed by atoms with E-state index in [0.29, 0.717) is 5.69 Å². The van der Waals surface area contributed by atoms with E-state index < -0.39 is 0 Å². The first-order chi connectivity index (χ1) is 9.25. The number of nitrogens with one attached hydrogen (secondary N) is 1. The predicted octanol–water partition coefficient (Wildman–Crippen LogP) is 2.89. The van der Waals surface area contributed by atoms with Crippen LogP contribution in [0.4, 0.5) is 0 Å². The third kappa shape index (κ3) is 2.24. The predicted molar refractivity (Wildman–Crippen MR) is 75.4 cm³/mol. The maximum atomic E-state index is 12.2. The number of fused-ring (bicyclic) bond motifs is 1. The lowest BCUT2D eigenvalue weighted by atomic mass is 10.1. The highest BCUT2D eigenvalue weighted by molar-refractivity contribution is 7.15. The number of amides is 1. The Morgan fingerprint density at radius 3 is 2.95 bits per heavy atom. The van der Waals surface area contributed by atoms with Crippen LogP contribution in [0.2, 0.25) is 0 Å². The number of rotatable bonds is 3. The molecule has 0 fully saturated rings. The fourth-order valence-corrected chi connectivity index (χ4v) is 2.82. The highest BCUT2D eigenvalue weighted by atomic mass is 32.1. The van der Waals surface area contributed by atoms with Gasteiger partial charge in [-0.1, -0.05) is 30.3 Å². The molecule has 3 aromatic rings. The zero-order valence-corrected chi connectivity index (χ0v) is 11.2. The minimum atomic E-state index is -0.0828. The molecule has 3 rings (SSSR count). The van der Waals surface area contributed by atoms with E-state index >= 15 is 0 Å². The summed E-state index contributed by atoms with van der Waals surface area (Å²) in [5.74, 6) is -0.0828. The van der Waals surface area contributed by atoms with E-state index in [9.17, 15) is 4.79 Å². The topological polar surface area (TPSA) is 46.4 Å². The lowest BCUT2D eigenvalue weighted by Gasteiger charge is -2.13. The minimum Gasteiger partial charge on any atom is -0.344 e. The number of hydrogen-bond acceptors (Lipinski definition) is 3. The van der Waals surface area contributed by atoms with Crippen LogP contribution in [-0.2, 0) is 0 Å². The molecule has 1 unspecified atom stereocenters. The van der Waals surface area contributed by atoms with E-state index in [-0.39, 0.29) is 11.9 Å². The fourth-order valence-electron chi connectivity index (χ4n) is 1.98. The normalized spacial score (nSPS) is 12.5. The smallest absolute Gasteiger partial charge is 0.269 e. The van der Waals surface area contributed by atoms with Gasteiger partial charge in [0.15, 0.2) is 4.96 Å². The summed E-state index contributed by atoms with van der Waals surface area (Å²) in [5, 5.41) is 4.83. The van der Waals surface area contributed by atoms with Gasteiger partial charge in [0.2, 0.25) is 0 Å². The van der Waals surface area contributed by atoms with Crippen LogP contribution >= 0.6 is 11.3 Å². The molecule has 0 radical (unpaired) electrons. The number of imidazole rings is 1. The van der Waals surface area contributed by atoms with Crippen molar-refractivity contribution in [2.24, 2.45) is 0 Å². The zero-order valence-electron chi connectivity index (χ0n) is 10.4. The Kier molecular flexibility index (Phi) is 3.05. The summed E-state index contributed by atoms with van der Waals surface area (Å²) in [6.07, 6.45) is 3.50. The molecule has 0 spiro atoms. The third-order valence-corrected chi connectivity index (χ3v) is 3.88. The van der Waals surface area contributed by atoms with Crippen LogP contribution in [-0.4, -0.2) is 15.3 Å². The van der Waals surface area contributed by atoms with Crippen molar-refractivity contribution in [2.45, 2.75) is 13.0 Å². The van der Waals surface area contributed by atoms with Gasteiger partial charge in [0.25, 0.3) is 5.91 Å². The molecule has 0 saturated heterocycles. The van der Waals surface area contributed by atoms with Crippen LogP contribution in [0.15, 0.2) is 48.1 Å². The molecule has 1 atom stereocenters. The number of nitrogens with zero attached hydrogens (tertiary/aromatic N) is 2. The Hall–Kier alpha value is -2.14. The van der Waals surface area contributed by atoms with Crippen LogP contribution in [0.5, 0.6) is 0 Å². The summed E-state index contributed by atoms with van der Waals surface area (Å²) in [4.78, 5) is 17.2. The number of carbonyl (C=O) groups is 1. The van der Waals surface area contributed by atoms with Crippen molar-refractivity contribution >= 4 is 22.2 Å². The van der Waals surface area contributed by atoms with Crippen LogP contribution in [0.3, 0.4) is 0 Å². The molecule has 2 heterocycles. The van der Waals surface area contributed by atoms with E-state index in [1.54, 1.807) is 16.8 Å². The summed E-state index contributed by atoms with van der Waals surface area (Å²) in [7, 11) is 0. The molecule has 0 bridgehead atoms. The monoisotopic (exact) mass is 271 g/mol. The van der Waals surface area contributed by atoms with E-state index in [1.807, 2.05) is 42.6 Å². The van der Waals surface area contributed by atoms with Gasteiger partial charge < -0.3 is 5.32 Å². The summed E-state index contributed by atoms with van der Waals surface area (Å²) in [6, 6.07) is 9.89. The molecule has 1 aromatic carbocycles. The average molecular weight is 271 g/mol. The summed E-state index contributed by atoms with van der Waals surface area (Å²) >= 11 is 1.46. The molecule has 0 saturated carbocycles. The van der Waals surface area contributed by atoms with E-state index in [4.69, 9.17) is 0 Å². The number of aromatic nitrogens is 2. The molecule has 96 valence electrons. The SMILES string of the molecule is CC(NC(=O)c1csc2nccn12)c1ccccc1. The highest BCUT2D eigenvalue weighted by Crippen LogP contribution is 2.16. The maximum absolute atomic E-state index is 12.2. The van der Waals surface area contributed by atoms with Gasteiger partial charge in [-0.05, 0) is 12.5 Å². The number of thiazole rings is 1. The van der Waals surface area contributed by atoms with Gasteiger partial charge in [0.1, 0.15) is 5.69 Å². The second-order valence-electron chi connectivity index (χ2n) is 4.31. The summed E-state index contributed by atoms with van der Waals surface area (Å²) in [5.41, 5.74) is 1.72. The first kappa shape index (κ1) is 11.9. The van der Waals surface area contributed by atoms with Gasteiger partial charge >= 0.3 is 0 Å². The van der Waals surface area contributed by atoms with Crippen molar-refractivity contribution in [3.63, 3.8) is 0 Å². The molecule has 4 nitrogen and oxygen atoms in total. The fraction of sp³-hybridized carbons (Fsp3) is 0.143. The van der Waals surface area contributed by atoms with Crippen molar-refractivity contribution in [3.8, 4) is 0 Å². The standard InChI is InChI=1S/C14H13N3OS/c1-10(11-5-3-2-4-6-11)16-13(18)12-9-19-14-15-7-8-17(12)14/h2-10H,1H3,(H,16,18). The van der Waals surface area contributed by atoms with Crippen molar-refractivity contribution in [1.82, 2.24) is 14.7 Å². The van der Waals surface area contributed by atoms with E-state index in [0.717, 1.165) is 10.5 Å². The minimum absolute atomic E-state index is 0.0211. The summed E-state index contributed by atoms with van der Waals surface area (Å²) in [6.45, 7) is 1.98. The van der Waals surface area contributed by atoms with E-state index in [1.165, 1.54) is 11.3 Å². The molecular formula is C14H13N3OS. The molecule has 19 heavy (non-hydrogen) atoms. The lowest BCUT2D eigenvalue weighted by molar-refractivity contribution is 0.0934. The molecule has 1 amide bonds. The largest absolute Gasteiger partial charge is 0.344 e. The Labute approximate surface area is 114 Å². The highest BCUT2D eigenvalue weighted by Gasteiger charge is 2.15. The summed E-state index contributed by atoms with van der Waals surface area (Å²) < 4.78 is 1.80. The first-order valence-corrected chi connectivity index (χ1v) is 6.90. The molecule has 0 aliphatic carbocycles. The number of benzene rings is 1. The zero-order chi connectivity index (χ0) is 13.2. The van der Waals surface area contributed by atoms with Crippen LogP contribution in [0.1, 0.15) is 29.0 Å². The maximum Gasteiger partial charge on any atom is 0.269 e. The Bertz CT molecular complexity index is 702. The van der Waals surface area contributed by atoms with Gasteiger partial charge in [-0.25, -0.2) is 4.98 Å². The molecule has 5 heteroatoms. The third-order valence-electron chi connectivity index (χ3n) is 3.02. The lowest BCUT2D eigenvalue weighted by Crippen LogP contribution is -2.27. The molecule has 2 aromatic heterocycles. The van der Waals surface area contributed by atoms with Crippen LogP contribution in [0, 0.1) is 0 Å².